The lowest BCUT2D eigenvalue weighted by Crippen LogP contribution is -2.28. The molecule has 4 nitrogen and oxygen atoms in total. The molecular weight excluding hydrogens is 309 g/mol. The Hall–Kier alpha value is -2.66. The van der Waals surface area contributed by atoms with Crippen LogP contribution in [0.15, 0.2) is 54.1 Å². The Morgan fingerprint density at radius 1 is 1.21 bits per heavy atom. The molecule has 2 aromatic rings. The van der Waals surface area contributed by atoms with Gasteiger partial charge < -0.3 is 15.2 Å². The highest BCUT2D eigenvalue weighted by Crippen LogP contribution is 2.17. The number of amides is 1. The second-order valence-electron chi connectivity index (χ2n) is 5.38. The van der Waals surface area contributed by atoms with E-state index in [-0.39, 0.29) is 18.3 Å². The summed E-state index contributed by atoms with van der Waals surface area (Å²) in [6, 6.07) is 12.9. The molecule has 24 heavy (non-hydrogen) atoms. The van der Waals surface area contributed by atoms with E-state index in [0.29, 0.717) is 16.9 Å². The van der Waals surface area contributed by atoms with E-state index in [1.807, 2.05) is 0 Å². The van der Waals surface area contributed by atoms with E-state index in [0.717, 1.165) is 5.56 Å². The zero-order valence-corrected chi connectivity index (χ0v) is 13.6. The van der Waals surface area contributed by atoms with Gasteiger partial charge in [-0.3, -0.25) is 4.79 Å². The number of rotatable bonds is 6. The predicted octanol–water partition coefficient (Wildman–Crippen LogP) is 3.09. The summed E-state index contributed by atoms with van der Waals surface area (Å²) in [6.45, 7) is 1.76. The van der Waals surface area contributed by atoms with Crippen LogP contribution in [0.4, 0.5) is 4.39 Å². The number of hydrogen-bond acceptors (Lipinski definition) is 3. The van der Waals surface area contributed by atoms with Crippen molar-refractivity contribution in [2.45, 2.75) is 13.0 Å². The van der Waals surface area contributed by atoms with Crippen LogP contribution >= 0.6 is 0 Å². The molecule has 5 heteroatoms. The quantitative estimate of drug-likeness (QED) is 0.801. The smallest absolute Gasteiger partial charge is 0.247 e. The van der Waals surface area contributed by atoms with E-state index in [4.69, 9.17) is 4.74 Å². The third kappa shape index (κ3) is 4.93. The molecule has 1 unspecified atom stereocenters. The van der Waals surface area contributed by atoms with Crippen LogP contribution in [0, 0.1) is 5.82 Å². The van der Waals surface area contributed by atoms with Crippen LogP contribution in [0.25, 0.3) is 6.08 Å². The minimum atomic E-state index is -0.807. The number of aliphatic hydroxyl groups excluding tert-OH is 1. The molecule has 2 rings (SSSR count). The highest BCUT2D eigenvalue weighted by atomic mass is 19.1. The zero-order chi connectivity index (χ0) is 17.5. The fourth-order valence-electron chi connectivity index (χ4n) is 2.15. The van der Waals surface area contributed by atoms with Crippen molar-refractivity contribution < 1.29 is 19.0 Å². The molecule has 2 aromatic carbocycles. The average molecular weight is 329 g/mol. The van der Waals surface area contributed by atoms with Crippen molar-refractivity contribution in [3.63, 3.8) is 0 Å². The number of aliphatic hydroxyl groups is 1. The number of benzene rings is 2. The van der Waals surface area contributed by atoms with Gasteiger partial charge in [-0.2, -0.15) is 0 Å². The van der Waals surface area contributed by atoms with E-state index in [1.165, 1.54) is 12.1 Å². The van der Waals surface area contributed by atoms with Gasteiger partial charge in [0.25, 0.3) is 0 Å². The van der Waals surface area contributed by atoms with E-state index in [1.54, 1.807) is 56.5 Å². The zero-order valence-electron chi connectivity index (χ0n) is 13.6. The molecule has 1 atom stereocenters. The third-order valence-corrected chi connectivity index (χ3v) is 3.57. The van der Waals surface area contributed by atoms with Gasteiger partial charge in [-0.1, -0.05) is 24.3 Å². The molecule has 0 fully saturated rings. The Morgan fingerprint density at radius 2 is 1.83 bits per heavy atom. The molecule has 0 saturated heterocycles. The van der Waals surface area contributed by atoms with Crippen molar-refractivity contribution in [3.05, 3.63) is 71.0 Å². The lowest BCUT2D eigenvalue weighted by atomic mass is 10.1. The second-order valence-corrected chi connectivity index (χ2v) is 5.38. The monoisotopic (exact) mass is 329 g/mol. The van der Waals surface area contributed by atoms with E-state index < -0.39 is 6.10 Å². The average Bonchev–Trinajstić information content (AvgIpc) is 2.61. The van der Waals surface area contributed by atoms with Crippen LogP contribution in [0.1, 0.15) is 24.2 Å². The Labute approximate surface area is 140 Å². The van der Waals surface area contributed by atoms with Crippen LogP contribution in [0.2, 0.25) is 0 Å². The second kappa shape index (κ2) is 8.26. The van der Waals surface area contributed by atoms with E-state index in [2.05, 4.69) is 5.32 Å². The van der Waals surface area contributed by atoms with Crippen molar-refractivity contribution in [2.75, 3.05) is 13.7 Å². The van der Waals surface area contributed by atoms with Gasteiger partial charge >= 0.3 is 0 Å². The lowest BCUT2D eigenvalue weighted by Gasteiger charge is -2.13. The molecule has 0 heterocycles. The van der Waals surface area contributed by atoms with E-state index >= 15 is 0 Å². The van der Waals surface area contributed by atoms with Crippen molar-refractivity contribution in [3.8, 4) is 5.75 Å². The topological polar surface area (TPSA) is 58.6 Å². The summed E-state index contributed by atoms with van der Waals surface area (Å²) in [5, 5.41) is 12.8. The summed E-state index contributed by atoms with van der Waals surface area (Å²) in [5.41, 5.74) is 1.90. The molecule has 126 valence electrons. The van der Waals surface area contributed by atoms with Gasteiger partial charge in [0.15, 0.2) is 0 Å². The van der Waals surface area contributed by atoms with Crippen LogP contribution in [0.5, 0.6) is 5.75 Å². The number of hydrogen-bond donors (Lipinski definition) is 2. The maximum absolute atomic E-state index is 12.9. The van der Waals surface area contributed by atoms with Gasteiger partial charge in [-0.15, -0.1) is 0 Å². The van der Waals surface area contributed by atoms with Gasteiger partial charge in [-0.25, -0.2) is 4.39 Å². The number of ether oxygens (including phenoxy) is 1. The van der Waals surface area contributed by atoms with Gasteiger partial charge in [0.2, 0.25) is 5.91 Å². The highest BCUT2D eigenvalue weighted by molar-refractivity contribution is 5.97. The summed E-state index contributed by atoms with van der Waals surface area (Å²) in [6.07, 6.45) is 0.854. The molecule has 0 saturated carbocycles. The van der Waals surface area contributed by atoms with E-state index in [9.17, 15) is 14.3 Å². The molecule has 0 aliphatic heterocycles. The van der Waals surface area contributed by atoms with Crippen LogP contribution in [0.3, 0.4) is 0 Å². The van der Waals surface area contributed by atoms with Gasteiger partial charge in [-0.05, 0) is 48.4 Å². The minimum Gasteiger partial charge on any atom is -0.497 e. The van der Waals surface area contributed by atoms with Crippen molar-refractivity contribution >= 4 is 12.0 Å². The van der Waals surface area contributed by atoms with Crippen molar-refractivity contribution in [2.24, 2.45) is 0 Å². The SMILES string of the molecule is COc1ccc(C(O)CNC(=O)/C(C)=C/c2ccc(F)cc2)cc1. The van der Waals surface area contributed by atoms with Crippen LogP contribution in [-0.4, -0.2) is 24.7 Å². The largest absolute Gasteiger partial charge is 0.497 e. The van der Waals surface area contributed by atoms with Gasteiger partial charge in [0.1, 0.15) is 11.6 Å². The van der Waals surface area contributed by atoms with Gasteiger partial charge in [0.05, 0.1) is 13.2 Å². The van der Waals surface area contributed by atoms with Crippen LogP contribution < -0.4 is 10.1 Å². The number of nitrogens with one attached hydrogen (secondary N) is 1. The fourth-order valence-corrected chi connectivity index (χ4v) is 2.15. The summed E-state index contributed by atoms with van der Waals surface area (Å²) in [5.74, 6) is 0.0943. The molecule has 0 radical (unpaired) electrons. The summed E-state index contributed by atoms with van der Waals surface area (Å²) < 4.78 is 17.9. The molecule has 0 spiro atoms. The Balaban J connectivity index is 1.92. The van der Waals surface area contributed by atoms with Crippen LogP contribution in [-0.2, 0) is 4.79 Å². The maximum Gasteiger partial charge on any atom is 0.247 e. The first-order valence-corrected chi connectivity index (χ1v) is 7.53. The molecule has 0 bridgehead atoms. The Bertz CT molecular complexity index is 708. The first-order valence-electron chi connectivity index (χ1n) is 7.53. The molecule has 0 aliphatic rings. The lowest BCUT2D eigenvalue weighted by molar-refractivity contribution is -0.117. The normalized spacial score (nSPS) is 12.6. The first kappa shape index (κ1) is 17.7. The molecule has 0 aliphatic carbocycles. The van der Waals surface area contributed by atoms with Crippen molar-refractivity contribution in [1.29, 1.82) is 0 Å². The Kier molecular flexibility index (Phi) is 6.09. The predicted molar refractivity (Wildman–Crippen MR) is 91.0 cm³/mol. The number of halogens is 1. The minimum absolute atomic E-state index is 0.0970. The standard InChI is InChI=1S/C19H20FNO3/c1-13(11-14-3-7-16(20)8-4-14)19(23)21-12-18(22)15-5-9-17(24-2)10-6-15/h3-11,18,22H,12H2,1-2H3,(H,21,23)/b13-11+. The maximum atomic E-state index is 12.9. The summed E-state index contributed by atoms with van der Waals surface area (Å²) in [4.78, 5) is 12.1. The summed E-state index contributed by atoms with van der Waals surface area (Å²) in [7, 11) is 1.57. The van der Waals surface area contributed by atoms with Crippen molar-refractivity contribution in [1.82, 2.24) is 5.32 Å². The third-order valence-electron chi connectivity index (χ3n) is 3.57. The number of carbonyl (C=O) groups excluding carboxylic acids is 1. The Morgan fingerprint density at radius 3 is 2.42 bits per heavy atom. The molecule has 2 N–H and O–H groups in total. The molecule has 0 aromatic heterocycles. The fraction of sp³-hybridized carbons (Fsp3) is 0.211. The molecular formula is C19H20FNO3. The number of carbonyl (C=O) groups is 1. The van der Waals surface area contributed by atoms with Gasteiger partial charge in [0, 0.05) is 12.1 Å². The first-order chi connectivity index (χ1) is 11.5. The highest BCUT2D eigenvalue weighted by Gasteiger charge is 2.10. The number of methoxy groups -OCH3 is 1. The summed E-state index contributed by atoms with van der Waals surface area (Å²) >= 11 is 0. The molecule has 1 amide bonds.